The molecule has 0 amide bonds. The maximum atomic E-state index is 4.69. The van der Waals surface area contributed by atoms with Gasteiger partial charge < -0.3 is 0 Å². The summed E-state index contributed by atoms with van der Waals surface area (Å²) >= 11 is 5.08. The highest BCUT2D eigenvalue weighted by Gasteiger charge is 2.14. The lowest BCUT2D eigenvalue weighted by molar-refractivity contribution is 0.772. The van der Waals surface area contributed by atoms with E-state index in [2.05, 4.69) is 43.4 Å². The fourth-order valence-electron chi connectivity index (χ4n) is 2.62. The molecule has 0 unspecified atom stereocenters. The largest absolute Gasteiger partial charge is 0.212 e. The predicted molar refractivity (Wildman–Crippen MR) is 119 cm³/mol. The summed E-state index contributed by atoms with van der Waals surface area (Å²) in [4.78, 5) is 0. The Morgan fingerprint density at radius 3 is 2.25 bits per heavy atom. The zero-order valence-electron chi connectivity index (χ0n) is 14.9. The van der Waals surface area contributed by atoms with Crippen molar-refractivity contribution in [2.24, 2.45) is 5.10 Å². The lowest BCUT2D eigenvalue weighted by Crippen LogP contribution is -1.97. The number of aromatic nitrogens is 3. The van der Waals surface area contributed by atoms with Crippen LogP contribution in [0.4, 0.5) is 0 Å². The van der Waals surface area contributed by atoms with Gasteiger partial charge in [0.05, 0.1) is 6.21 Å². The average Bonchev–Trinajstić information content (AvgIpc) is 3.16. The molecule has 0 spiro atoms. The van der Waals surface area contributed by atoms with E-state index in [4.69, 9.17) is 0 Å². The quantitative estimate of drug-likeness (QED) is 0.273. The molecule has 1 heterocycles. The maximum absolute atomic E-state index is 4.69. The maximum Gasteiger partial charge on any atom is 0.212 e. The molecule has 0 N–H and O–H groups in total. The van der Waals surface area contributed by atoms with E-state index >= 15 is 0 Å². The molecule has 6 heteroatoms. The highest BCUT2D eigenvalue weighted by Crippen LogP contribution is 2.26. The normalized spacial score (nSPS) is 11.2. The molecule has 138 valence electrons. The van der Waals surface area contributed by atoms with Gasteiger partial charge in [0, 0.05) is 15.8 Å². The topological polar surface area (TPSA) is 43.1 Å². The molecule has 4 nitrogen and oxygen atoms in total. The minimum absolute atomic E-state index is 0.726. The van der Waals surface area contributed by atoms with E-state index in [1.54, 1.807) is 11.8 Å². The highest BCUT2D eigenvalue weighted by molar-refractivity contribution is 9.10. The molecule has 0 aliphatic carbocycles. The number of nitrogens with zero attached hydrogens (tertiary/aromatic N) is 4. The molecule has 4 aromatic rings. The van der Waals surface area contributed by atoms with Crippen LogP contribution >= 0.6 is 27.7 Å². The van der Waals surface area contributed by atoms with Crippen LogP contribution in [-0.4, -0.2) is 21.1 Å². The number of benzene rings is 3. The first-order valence-electron chi connectivity index (χ1n) is 8.77. The number of hydrogen-bond acceptors (Lipinski definition) is 4. The summed E-state index contributed by atoms with van der Waals surface area (Å²) in [5, 5.41) is 14.2. The van der Waals surface area contributed by atoms with E-state index in [9.17, 15) is 0 Å². The minimum atomic E-state index is 0.726. The van der Waals surface area contributed by atoms with Crippen LogP contribution in [0.3, 0.4) is 0 Å². The zero-order valence-corrected chi connectivity index (χ0v) is 17.3. The first-order valence-corrected chi connectivity index (χ1v) is 10.5. The lowest BCUT2D eigenvalue weighted by atomic mass is 10.2. The third-order valence-corrected chi connectivity index (χ3v) is 5.57. The first kappa shape index (κ1) is 18.7. The van der Waals surface area contributed by atoms with E-state index < -0.39 is 0 Å². The number of hydrogen-bond donors (Lipinski definition) is 0. The molecule has 0 atom stereocenters. The second-order valence-corrected chi connectivity index (χ2v) is 7.91. The van der Waals surface area contributed by atoms with Crippen molar-refractivity contribution in [3.8, 4) is 11.4 Å². The summed E-state index contributed by atoms with van der Waals surface area (Å²) in [5.41, 5.74) is 3.23. The van der Waals surface area contributed by atoms with Crippen LogP contribution in [0, 0.1) is 0 Å². The molecule has 0 fully saturated rings. The molecular formula is C22H17BrN4S. The monoisotopic (exact) mass is 448 g/mol. The van der Waals surface area contributed by atoms with Gasteiger partial charge in [0.2, 0.25) is 5.16 Å². The zero-order chi connectivity index (χ0) is 19.2. The fourth-order valence-corrected chi connectivity index (χ4v) is 3.73. The van der Waals surface area contributed by atoms with Crippen LogP contribution < -0.4 is 0 Å². The third-order valence-electron chi connectivity index (χ3n) is 4.05. The van der Waals surface area contributed by atoms with Gasteiger partial charge in [-0.15, -0.1) is 10.2 Å². The number of halogens is 1. The Kier molecular flexibility index (Phi) is 5.99. The Hall–Kier alpha value is -2.70. The SMILES string of the molecule is Brc1ccc(/C=N/n2c(SCc3ccccc3)nnc2-c2ccccc2)cc1. The summed E-state index contributed by atoms with van der Waals surface area (Å²) in [7, 11) is 0. The van der Waals surface area contributed by atoms with E-state index in [-0.39, 0.29) is 0 Å². The van der Waals surface area contributed by atoms with E-state index in [1.807, 2.05) is 83.7 Å². The number of thioether (sulfide) groups is 1. The van der Waals surface area contributed by atoms with Crippen molar-refractivity contribution in [3.05, 3.63) is 101 Å². The molecule has 1 aromatic heterocycles. The van der Waals surface area contributed by atoms with Crippen LogP contribution in [0.15, 0.2) is 99.7 Å². The molecule has 0 aliphatic rings. The van der Waals surface area contributed by atoms with Crippen LogP contribution in [0.2, 0.25) is 0 Å². The summed E-state index contributed by atoms with van der Waals surface area (Å²) in [6, 6.07) is 28.3. The Morgan fingerprint density at radius 1 is 0.857 bits per heavy atom. The third kappa shape index (κ3) is 4.58. The van der Waals surface area contributed by atoms with Gasteiger partial charge in [-0.25, -0.2) is 0 Å². The Morgan fingerprint density at radius 2 is 1.54 bits per heavy atom. The molecule has 0 saturated carbocycles. The standard InChI is InChI=1S/C22H17BrN4S/c23-20-13-11-17(12-14-20)15-24-27-21(19-9-5-2-6-10-19)25-26-22(27)28-16-18-7-3-1-4-8-18/h1-15H,16H2/b24-15+. The Bertz CT molecular complexity index is 1060. The second-order valence-electron chi connectivity index (χ2n) is 6.05. The van der Waals surface area contributed by atoms with Crippen LogP contribution in [0.5, 0.6) is 0 Å². The number of rotatable bonds is 6. The Balaban J connectivity index is 1.65. The van der Waals surface area contributed by atoms with Gasteiger partial charge in [-0.2, -0.15) is 9.78 Å². The summed E-state index contributed by atoms with van der Waals surface area (Å²) < 4.78 is 2.85. The first-order chi connectivity index (χ1) is 13.8. The smallest absolute Gasteiger partial charge is 0.187 e. The molecule has 0 radical (unpaired) electrons. The van der Waals surface area contributed by atoms with Crippen molar-refractivity contribution in [1.82, 2.24) is 14.9 Å². The van der Waals surface area contributed by atoms with E-state index in [1.165, 1.54) is 5.56 Å². The predicted octanol–water partition coefficient (Wildman–Crippen LogP) is 5.88. The van der Waals surface area contributed by atoms with Crippen LogP contribution in [0.25, 0.3) is 11.4 Å². The van der Waals surface area contributed by atoms with Crippen molar-refractivity contribution in [2.75, 3.05) is 0 Å². The van der Waals surface area contributed by atoms with Gasteiger partial charge in [0.1, 0.15) is 0 Å². The molecule has 0 bridgehead atoms. The van der Waals surface area contributed by atoms with Gasteiger partial charge in [-0.1, -0.05) is 100 Å². The molecule has 3 aromatic carbocycles. The fraction of sp³-hybridized carbons (Fsp3) is 0.0455. The summed E-state index contributed by atoms with van der Waals surface area (Å²) in [6.07, 6.45) is 1.83. The molecule has 4 rings (SSSR count). The second kappa shape index (κ2) is 8.99. The summed E-state index contributed by atoms with van der Waals surface area (Å²) in [6.45, 7) is 0. The average molecular weight is 449 g/mol. The lowest BCUT2D eigenvalue weighted by Gasteiger charge is -2.05. The Labute approximate surface area is 176 Å². The van der Waals surface area contributed by atoms with Crippen molar-refractivity contribution < 1.29 is 0 Å². The van der Waals surface area contributed by atoms with Crippen LogP contribution in [0.1, 0.15) is 11.1 Å². The van der Waals surface area contributed by atoms with Gasteiger partial charge in [-0.05, 0) is 23.3 Å². The van der Waals surface area contributed by atoms with Crippen molar-refractivity contribution in [2.45, 2.75) is 10.9 Å². The van der Waals surface area contributed by atoms with Gasteiger partial charge >= 0.3 is 0 Å². The molecule has 28 heavy (non-hydrogen) atoms. The molecule has 0 saturated heterocycles. The van der Waals surface area contributed by atoms with Crippen LogP contribution in [-0.2, 0) is 5.75 Å². The molecule has 0 aliphatic heterocycles. The van der Waals surface area contributed by atoms with Crippen molar-refractivity contribution in [3.63, 3.8) is 0 Å². The van der Waals surface area contributed by atoms with Gasteiger partial charge in [0.25, 0.3) is 0 Å². The van der Waals surface area contributed by atoms with E-state index in [0.29, 0.717) is 0 Å². The van der Waals surface area contributed by atoms with Crippen molar-refractivity contribution >= 4 is 33.9 Å². The minimum Gasteiger partial charge on any atom is -0.187 e. The van der Waals surface area contributed by atoms with E-state index in [0.717, 1.165) is 32.3 Å². The molecular weight excluding hydrogens is 432 g/mol. The van der Waals surface area contributed by atoms with Crippen molar-refractivity contribution in [1.29, 1.82) is 0 Å². The summed E-state index contributed by atoms with van der Waals surface area (Å²) in [5.74, 6) is 1.53. The highest BCUT2D eigenvalue weighted by atomic mass is 79.9. The van der Waals surface area contributed by atoms with Gasteiger partial charge in [0.15, 0.2) is 5.82 Å². The van der Waals surface area contributed by atoms with Gasteiger partial charge in [-0.3, -0.25) is 0 Å².